The normalized spacial score (nSPS) is 10.5. The van der Waals surface area contributed by atoms with E-state index in [0.717, 1.165) is 11.3 Å². The number of fused-ring (bicyclic) bond motifs is 1. The van der Waals surface area contributed by atoms with Gasteiger partial charge in [-0.25, -0.2) is 9.97 Å². The number of pyridine rings is 3. The first kappa shape index (κ1) is 26.8. The van der Waals surface area contributed by atoms with Crippen LogP contribution in [-0.4, -0.2) is 47.5 Å². The van der Waals surface area contributed by atoms with Gasteiger partial charge in [-0.1, -0.05) is 0 Å². The summed E-state index contributed by atoms with van der Waals surface area (Å²) in [4.78, 5) is 37.0. The van der Waals surface area contributed by atoms with Crippen LogP contribution in [0, 0.1) is 21.0 Å². The Morgan fingerprint density at radius 2 is 2.09 bits per heavy atom. The van der Waals surface area contributed by atoms with E-state index in [-0.39, 0.29) is 80.4 Å². The van der Waals surface area contributed by atoms with E-state index in [1.54, 1.807) is 32.3 Å². The van der Waals surface area contributed by atoms with E-state index in [1.165, 1.54) is 0 Å². The molecule has 3 N–H and O–H groups in total. The predicted molar refractivity (Wildman–Crippen MR) is 120 cm³/mol. The van der Waals surface area contributed by atoms with Gasteiger partial charge in [0.25, 0.3) is 11.5 Å². The number of amides is 1. The summed E-state index contributed by atoms with van der Waals surface area (Å²) in [6.07, 6.45) is 1.66. The molecule has 0 aliphatic heterocycles. The van der Waals surface area contributed by atoms with Crippen molar-refractivity contribution in [2.45, 2.75) is 13.5 Å². The summed E-state index contributed by atoms with van der Waals surface area (Å²) in [7, 11) is 5.05. The summed E-state index contributed by atoms with van der Waals surface area (Å²) in [5.74, 6) is 0.188. The largest absolute Gasteiger partial charge is 1.00 e. The van der Waals surface area contributed by atoms with E-state index in [1.807, 2.05) is 17.0 Å². The summed E-state index contributed by atoms with van der Waals surface area (Å²) in [5, 5.41) is 5.90. The van der Waals surface area contributed by atoms with E-state index in [9.17, 15) is 9.59 Å². The Bertz CT molecular complexity index is 1120. The van der Waals surface area contributed by atoms with Crippen molar-refractivity contribution in [3.05, 3.63) is 71.7 Å². The second-order valence-electron chi connectivity index (χ2n) is 6.96. The second kappa shape index (κ2) is 12.7. The zero-order chi connectivity index (χ0) is 22.4. The third-order valence-electron chi connectivity index (χ3n) is 4.90. The molecule has 0 spiro atoms. The molecule has 0 radical (unpaired) electrons. The van der Waals surface area contributed by atoms with Gasteiger partial charge < -0.3 is 32.2 Å². The van der Waals surface area contributed by atoms with Crippen molar-refractivity contribution in [1.82, 2.24) is 25.6 Å². The summed E-state index contributed by atoms with van der Waals surface area (Å²) >= 11 is 0. The first-order valence-corrected chi connectivity index (χ1v) is 9.85. The quantitative estimate of drug-likeness (QED) is 0.220. The van der Waals surface area contributed by atoms with Crippen LogP contribution in [0.4, 0.5) is 5.69 Å². The van der Waals surface area contributed by atoms with Gasteiger partial charge in [0.1, 0.15) is 5.69 Å². The average Bonchev–Trinajstić information content (AvgIpc) is 2.79. The molecule has 164 valence electrons. The number of anilines is 1. The number of ether oxygens (including phenoxy) is 1. The molecule has 0 aliphatic carbocycles. The van der Waals surface area contributed by atoms with Gasteiger partial charge in [0, 0.05) is 37.8 Å². The van der Waals surface area contributed by atoms with Crippen LogP contribution in [0.25, 0.3) is 11.0 Å². The zero-order valence-electron chi connectivity index (χ0n) is 18.7. The average molecular weight is 555 g/mol. The number of aromatic nitrogens is 3. The van der Waals surface area contributed by atoms with Crippen LogP contribution in [0.1, 0.15) is 21.6 Å². The van der Waals surface area contributed by atoms with Crippen LogP contribution in [-0.2, 0) is 6.54 Å². The Morgan fingerprint density at radius 3 is 2.72 bits per heavy atom. The summed E-state index contributed by atoms with van der Waals surface area (Å²) in [5.41, 5.74) is 3.79. The van der Waals surface area contributed by atoms with E-state index in [4.69, 9.17) is 4.74 Å². The van der Waals surface area contributed by atoms with Gasteiger partial charge in [0.2, 0.25) is 0 Å². The fourth-order valence-corrected chi connectivity index (χ4v) is 3.15. The van der Waals surface area contributed by atoms with Gasteiger partial charge >= 0.3 is 68.9 Å². The van der Waals surface area contributed by atoms with Crippen molar-refractivity contribution in [3.63, 3.8) is 0 Å². The number of aromatic amines is 1. The maximum absolute atomic E-state index is 11.9. The smallest absolute Gasteiger partial charge is 0.652 e. The number of rotatable bonds is 9. The number of carbonyl (C=O) groups is 1. The SMILES string of the molecule is [CH2-]CN(CCNCc1cc2[nH]c(=O)c(C)cc2nc1O[CH2-])c1ccc(C(=O)NC)nc1.[Cs+]. The number of H-pyrrole nitrogens is 1. The molecule has 0 saturated carbocycles. The zero-order valence-corrected chi connectivity index (χ0v) is 25.0. The molecule has 32 heavy (non-hydrogen) atoms. The molecule has 3 aromatic rings. The van der Waals surface area contributed by atoms with Crippen LogP contribution in [0.2, 0.25) is 0 Å². The van der Waals surface area contributed by atoms with Crippen molar-refractivity contribution >= 4 is 22.6 Å². The monoisotopic (exact) mass is 555 g/mol. The Morgan fingerprint density at radius 1 is 1.31 bits per heavy atom. The van der Waals surface area contributed by atoms with Crippen LogP contribution in [0.5, 0.6) is 5.88 Å². The first-order valence-electron chi connectivity index (χ1n) is 9.85. The summed E-state index contributed by atoms with van der Waals surface area (Å²) < 4.78 is 5.18. The number of nitrogens with zero attached hydrogens (tertiary/aromatic N) is 3. The molecule has 10 heteroatoms. The third kappa shape index (κ3) is 6.56. The van der Waals surface area contributed by atoms with Crippen LogP contribution >= 0.6 is 0 Å². The fraction of sp³-hybridized carbons (Fsp3) is 0.273. The van der Waals surface area contributed by atoms with E-state index >= 15 is 0 Å². The van der Waals surface area contributed by atoms with Crippen LogP contribution in [0.3, 0.4) is 0 Å². The third-order valence-corrected chi connectivity index (χ3v) is 4.90. The molecule has 0 fully saturated rings. The van der Waals surface area contributed by atoms with E-state index in [0.29, 0.717) is 54.3 Å². The summed E-state index contributed by atoms with van der Waals surface area (Å²) in [6.45, 7) is 8.08. The second-order valence-corrected chi connectivity index (χ2v) is 6.96. The van der Waals surface area contributed by atoms with Crippen LogP contribution < -0.4 is 94.7 Å². The van der Waals surface area contributed by atoms with Crippen molar-refractivity contribution in [1.29, 1.82) is 0 Å². The minimum atomic E-state index is -0.224. The van der Waals surface area contributed by atoms with E-state index in [2.05, 4.69) is 39.6 Å². The van der Waals surface area contributed by atoms with Gasteiger partial charge in [-0.05, 0) is 31.2 Å². The Labute approximate surface area is 246 Å². The molecular weight excluding hydrogens is 529 g/mol. The molecule has 3 heterocycles. The Balaban J connectivity index is 0.00000363. The minimum absolute atomic E-state index is 0. The summed E-state index contributed by atoms with van der Waals surface area (Å²) in [6, 6.07) is 7.11. The van der Waals surface area contributed by atoms with Crippen molar-refractivity contribution in [2.24, 2.45) is 0 Å². The fourth-order valence-electron chi connectivity index (χ4n) is 3.15. The maximum atomic E-state index is 11.9. The number of aryl methyl sites for hydroxylation is 1. The molecule has 0 atom stereocenters. The topological polar surface area (TPSA) is 112 Å². The van der Waals surface area contributed by atoms with Gasteiger partial charge in [0.15, 0.2) is 5.88 Å². The molecule has 3 aromatic heterocycles. The first-order chi connectivity index (χ1) is 15.0. The molecular formula is C22H26CsN6O3-. The van der Waals surface area contributed by atoms with Crippen molar-refractivity contribution < 1.29 is 78.4 Å². The van der Waals surface area contributed by atoms with Gasteiger partial charge in [-0.15, -0.1) is 6.54 Å². The molecule has 0 aromatic carbocycles. The van der Waals surface area contributed by atoms with Crippen molar-refractivity contribution in [3.8, 4) is 5.88 Å². The molecule has 1 amide bonds. The molecule has 0 bridgehead atoms. The Kier molecular flexibility index (Phi) is 10.7. The minimum Gasteiger partial charge on any atom is -0.652 e. The van der Waals surface area contributed by atoms with Crippen LogP contribution in [0.15, 0.2) is 35.3 Å². The number of nitrogens with one attached hydrogen (secondary N) is 3. The standard InChI is InChI=1S/C22H26N6O3.Cs/c1-5-28(16-6-7-17(25-13-16)21(30)23-3)9-8-24-12-15-11-19-18(27-22(15)31-4)10-14(2)20(29)26-19;/h6-7,10-11,13,24H,1,4-5,8-9,12H2,2-3H3,(H,23,30)(H,26,29);/q-2;+1. The molecule has 0 unspecified atom stereocenters. The molecule has 0 saturated heterocycles. The predicted octanol–water partition coefficient (Wildman–Crippen LogP) is -1.41. The van der Waals surface area contributed by atoms with Gasteiger partial charge in [-0.3, -0.25) is 9.59 Å². The number of hydrogen-bond acceptors (Lipinski definition) is 7. The molecule has 9 nitrogen and oxygen atoms in total. The van der Waals surface area contributed by atoms with Gasteiger partial charge in [-0.2, -0.15) is 7.11 Å². The molecule has 0 aliphatic rings. The van der Waals surface area contributed by atoms with Gasteiger partial charge in [0.05, 0.1) is 22.9 Å². The van der Waals surface area contributed by atoms with Crippen molar-refractivity contribution in [2.75, 3.05) is 31.6 Å². The maximum Gasteiger partial charge on any atom is 1.00 e. The Hall–Kier alpha value is -1.41. The van der Waals surface area contributed by atoms with E-state index < -0.39 is 0 Å². The number of carbonyl (C=O) groups excluding carboxylic acids is 1. The molecule has 3 rings (SSSR count). The number of hydrogen-bond donors (Lipinski definition) is 3.